The van der Waals surface area contributed by atoms with E-state index in [1.54, 1.807) is 67.0 Å². The Labute approximate surface area is 418 Å². The molecule has 0 saturated carbocycles. The number of ether oxygens (including phenoxy) is 6. The summed E-state index contributed by atoms with van der Waals surface area (Å²) in [5.41, 5.74) is 1.21. The number of hydrogen-bond donors (Lipinski definition) is 0. The molecule has 8 aromatic rings. The van der Waals surface area contributed by atoms with E-state index < -0.39 is 41.7 Å². The molecule has 0 fully saturated rings. The van der Waals surface area contributed by atoms with Gasteiger partial charge in [-0.25, -0.2) is 27.5 Å². The summed E-state index contributed by atoms with van der Waals surface area (Å²) in [7, 11) is -4.66. The Morgan fingerprint density at radius 2 is 0.847 bits per heavy atom. The summed E-state index contributed by atoms with van der Waals surface area (Å²) in [6.45, 7) is 6.66. The van der Waals surface area contributed by atoms with Crippen LogP contribution in [0.15, 0.2) is 195 Å². The standard InChI is InChI=1S/C32H22F4NO3S2.C21H21NO3.BF3.FH/c1-19(39-32-4-2-3-13-37-32)18-38-20-5-7-21(8-6-20)40-22-9-11-23(12-10-22)42-30-16-26(35)24(33)14-28(30)41-29-15-25(34)27(36)17-31(29)42;1-16-6-8-19(9-7-16)25-20-12-10-18(11-13-20)23-15-17(2)24-21-5-3-4-14-22-21;2-1(3)4;/h2-17,19H,18H2,1H3;3-14,17H,15H2,1-2H3;;1H/q+1;;;/p-1. The summed E-state index contributed by atoms with van der Waals surface area (Å²) < 4.78 is 120. The van der Waals surface area contributed by atoms with Gasteiger partial charge in [0.25, 0.3) is 0 Å². The molecular formula is C53H43BF8N2O6S2. The number of fused-ring (bicyclic) bond motifs is 2. The quantitative estimate of drug-likeness (QED) is 0.0566. The molecule has 2 atom stereocenters. The molecule has 1 aliphatic heterocycles. The number of benzene rings is 6. The normalized spacial score (nSPS) is 12.1. The average molecular weight is 1030 g/mol. The molecule has 8 nitrogen and oxygen atoms in total. The number of hydrogen-bond acceptors (Lipinski definition) is 9. The Morgan fingerprint density at radius 1 is 0.500 bits per heavy atom. The number of aryl methyl sites for hydroxylation is 1. The van der Waals surface area contributed by atoms with Gasteiger partial charge in [0.05, 0.1) is 9.79 Å². The number of aromatic nitrogens is 2. The van der Waals surface area contributed by atoms with Crippen molar-refractivity contribution in [2.24, 2.45) is 0 Å². The minimum Gasteiger partial charge on any atom is -1.00 e. The third kappa shape index (κ3) is 15.8. The molecule has 0 bridgehead atoms. The number of pyridine rings is 2. The maximum absolute atomic E-state index is 14.3. The van der Waals surface area contributed by atoms with Crippen LogP contribution < -0.4 is 33.1 Å². The summed E-state index contributed by atoms with van der Waals surface area (Å²) in [5, 5.41) is 0. The van der Waals surface area contributed by atoms with Crippen LogP contribution in [0.3, 0.4) is 0 Å². The van der Waals surface area contributed by atoms with Crippen molar-refractivity contribution in [3.05, 3.63) is 199 Å². The number of halogens is 8. The Kier molecular flexibility index (Phi) is 19.6. The van der Waals surface area contributed by atoms with Gasteiger partial charge >= 0.3 is 7.54 Å². The van der Waals surface area contributed by atoms with Crippen molar-refractivity contribution in [2.45, 2.75) is 57.5 Å². The van der Waals surface area contributed by atoms with E-state index in [2.05, 4.69) is 16.9 Å². The lowest BCUT2D eigenvalue weighted by Gasteiger charge is -2.19. The molecule has 2 aromatic heterocycles. The molecule has 0 saturated heterocycles. The first kappa shape index (κ1) is 54.0. The summed E-state index contributed by atoms with van der Waals surface area (Å²) >= 11 is 1.09. The largest absolute Gasteiger partial charge is 1.00 e. The van der Waals surface area contributed by atoms with E-state index >= 15 is 0 Å². The van der Waals surface area contributed by atoms with Crippen LogP contribution >= 0.6 is 11.8 Å². The zero-order chi connectivity index (χ0) is 50.3. The molecule has 3 heterocycles. The van der Waals surface area contributed by atoms with E-state index in [1.165, 1.54) is 5.56 Å². The first-order chi connectivity index (χ1) is 34.3. The second-order valence-electron chi connectivity index (χ2n) is 15.3. The van der Waals surface area contributed by atoms with Gasteiger partial charge in [-0.3, -0.25) is 12.9 Å². The molecule has 6 aromatic carbocycles. The summed E-state index contributed by atoms with van der Waals surface area (Å²) in [6.07, 6.45) is 3.06. The fraction of sp³-hybridized carbons (Fsp3) is 0.132. The lowest BCUT2D eigenvalue weighted by atomic mass is 10.2. The van der Waals surface area contributed by atoms with Crippen molar-refractivity contribution in [2.75, 3.05) is 13.2 Å². The number of nitrogens with zero attached hydrogens (tertiary/aromatic N) is 2. The smallest absolute Gasteiger partial charge is 0.762 e. The van der Waals surface area contributed by atoms with Gasteiger partial charge in [0.1, 0.15) is 70.8 Å². The van der Waals surface area contributed by atoms with E-state index in [9.17, 15) is 30.5 Å². The van der Waals surface area contributed by atoms with Crippen LogP contribution in [0, 0.1) is 30.2 Å². The van der Waals surface area contributed by atoms with E-state index in [1.807, 2.05) is 92.7 Å². The van der Waals surface area contributed by atoms with Crippen LogP contribution in [0.1, 0.15) is 19.4 Å². The third-order valence-corrected chi connectivity index (χ3v) is 13.4. The minimum absolute atomic E-state index is 0. The Hall–Kier alpha value is -7.38. The molecule has 0 spiro atoms. The van der Waals surface area contributed by atoms with Gasteiger partial charge in [0.15, 0.2) is 38.0 Å². The van der Waals surface area contributed by atoms with Crippen LogP contribution in [0.2, 0.25) is 0 Å². The minimum atomic E-state index is -3.67. The molecule has 0 aliphatic carbocycles. The van der Waals surface area contributed by atoms with E-state index in [-0.39, 0.29) is 16.9 Å². The lowest BCUT2D eigenvalue weighted by molar-refractivity contribution is -0.0000224. The van der Waals surface area contributed by atoms with Crippen LogP contribution in [0.4, 0.5) is 30.5 Å². The topological polar surface area (TPSA) is 81.2 Å². The second kappa shape index (κ2) is 26.2. The molecule has 0 N–H and O–H groups in total. The lowest BCUT2D eigenvalue weighted by Crippen LogP contribution is -3.00. The van der Waals surface area contributed by atoms with Gasteiger partial charge < -0.3 is 33.1 Å². The first-order valence-corrected chi connectivity index (χ1v) is 23.8. The maximum atomic E-state index is 14.3. The monoisotopic (exact) mass is 1030 g/mol. The van der Waals surface area contributed by atoms with Crippen LogP contribution in [-0.2, 0) is 10.9 Å². The second-order valence-corrected chi connectivity index (χ2v) is 18.4. The maximum Gasteiger partial charge on any atom is 0.762 e. The molecule has 19 heteroatoms. The van der Waals surface area contributed by atoms with Crippen molar-refractivity contribution < 1.29 is 63.6 Å². The number of rotatable bonds is 15. The third-order valence-electron chi connectivity index (χ3n) is 9.72. The first-order valence-electron chi connectivity index (χ1n) is 21.7. The highest BCUT2D eigenvalue weighted by Crippen LogP contribution is 2.49. The molecule has 1 aliphatic rings. The van der Waals surface area contributed by atoms with Gasteiger partial charge in [-0.05, 0) is 130 Å². The summed E-state index contributed by atoms with van der Waals surface area (Å²) in [5.74, 6) is 1.26. The van der Waals surface area contributed by atoms with Gasteiger partial charge in [0, 0.05) is 36.7 Å². The Bertz CT molecular complexity index is 2880. The molecule has 9 rings (SSSR count). The van der Waals surface area contributed by atoms with Gasteiger partial charge in [-0.15, -0.1) is 0 Å². The van der Waals surface area contributed by atoms with Crippen LogP contribution in [0.5, 0.6) is 46.3 Å². The van der Waals surface area contributed by atoms with Crippen LogP contribution in [-0.4, -0.2) is 42.9 Å². The highest BCUT2D eigenvalue weighted by atomic mass is 32.2. The fourth-order valence-corrected chi connectivity index (χ4v) is 10.2. The predicted molar refractivity (Wildman–Crippen MR) is 258 cm³/mol. The molecule has 372 valence electrons. The fourth-order valence-electron chi connectivity index (χ4n) is 6.46. The summed E-state index contributed by atoms with van der Waals surface area (Å²) in [4.78, 5) is 10.9. The van der Waals surface area contributed by atoms with Crippen LogP contribution in [0.25, 0.3) is 0 Å². The van der Waals surface area contributed by atoms with Crippen molar-refractivity contribution in [3.63, 3.8) is 0 Å². The van der Waals surface area contributed by atoms with Gasteiger partial charge in [-0.1, -0.05) is 41.6 Å². The zero-order valence-electron chi connectivity index (χ0n) is 38.5. The molecular weight excluding hydrogens is 988 g/mol. The van der Waals surface area contributed by atoms with Crippen molar-refractivity contribution in [1.29, 1.82) is 0 Å². The highest BCUT2D eigenvalue weighted by molar-refractivity contribution is 8.04. The highest BCUT2D eigenvalue weighted by Gasteiger charge is 2.40. The van der Waals surface area contributed by atoms with Gasteiger partial charge in [0.2, 0.25) is 11.8 Å². The van der Waals surface area contributed by atoms with Gasteiger partial charge in [-0.2, -0.15) is 0 Å². The average Bonchev–Trinajstić information content (AvgIpc) is 3.36. The zero-order valence-corrected chi connectivity index (χ0v) is 40.1. The Balaban J connectivity index is 0.000000240. The predicted octanol–water partition coefficient (Wildman–Crippen LogP) is 11.7. The van der Waals surface area contributed by atoms with E-state index in [0.29, 0.717) is 66.7 Å². The molecule has 72 heavy (non-hydrogen) atoms. The van der Waals surface area contributed by atoms with Crippen molar-refractivity contribution in [1.82, 2.24) is 9.97 Å². The van der Waals surface area contributed by atoms with Crippen molar-refractivity contribution >= 4 is 30.2 Å². The summed E-state index contributed by atoms with van der Waals surface area (Å²) in [6, 6.07) is 45.1. The molecule has 2 unspecified atom stereocenters. The Morgan fingerprint density at radius 3 is 1.22 bits per heavy atom. The molecule has 0 amide bonds. The molecule has 0 radical (unpaired) electrons. The SMILES string of the molecule is CC(COc1ccc(Oc2ccc([S+]3c4cc(F)c(F)cc4Sc4cc(F)c(F)cc43)cc2)cc1)Oc1ccccn1.Cc1ccc(Oc2ccc(OCC(C)Oc3ccccn3)cc2)cc1.FB(F)F.[F-]. The van der Waals surface area contributed by atoms with E-state index in [0.717, 1.165) is 53.3 Å². The van der Waals surface area contributed by atoms with Crippen molar-refractivity contribution in [3.8, 4) is 46.3 Å². The van der Waals surface area contributed by atoms with E-state index in [4.69, 9.17) is 28.4 Å².